The normalized spacial score (nSPS) is 14.6. The van der Waals surface area contributed by atoms with Crippen molar-refractivity contribution in [2.45, 2.75) is 91.1 Å². The van der Waals surface area contributed by atoms with E-state index in [-0.39, 0.29) is 0 Å². The topological polar surface area (TPSA) is 93.2 Å². The third kappa shape index (κ3) is 6.06. The van der Waals surface area contributed by atoms with Gasteiger partial charge in [0.2, 0.25) is 0 Å². The summed E-state index contributed by atoms with van der Waals surface area (Å²) in [5.41, 5.74) is 1.04. The number of nitrogens with one attached hydrogen (secondary N) is 2. The van der Waals surface area contributed by atoms with Gasteiger partial charge in [0, 0.05) is 44.5 Å². The fraction of sp³-hybridized carbons (Fsp3) is 0.727. The SMILES string of the molecule is CCNC(=NCc1cc(C(CC)CC)no1)NCCCc1nnc2n1CCCCC2. The van der Waals surface area contributed by atoms with Crippen molar-refractivity contribution in [1.82, 2.24) is 30.6 Å². The molecule has 0 saturated heterocycles. The summed E-state index contributed by atoms with van der Waals surface area (Å²) in [5, 5.41) is 19.8. The second kappa shape index (κ2) is 11.7. The lowest BCUT2D eigenvalue weighted by Gasteiger charge is -2.11. The van der Waals surface area contributed by atoms with Crippen molar-refractivity contribution in [2.75, 3.05) is 13.1 Å². The highest BCUT2D eigenvalue weighted by Gasteiger charge is 2.15. The number of hydrogen-bond acceptors (Lipinski definition) is 5. The van der Waals surface area contributed by atoms with E-state index in [1.54, 1.807) is 0 Å². The Balaban J connectivity index is 1.48. The molecular formula is C22H37N7O. The first-order valence-electron chi connectivity index (χ1n) is 11.6. The summed E-state index contributed by atoms with van der Waals surface area (Å²) in [6.45, 7) is 9.64. The lowest BCUT2D eigenvalue weighted by Crippen LogP contribution is -2.37. The molecule has 0 unspecified atom stereocenters. The van der Waals surface area contributed by atoms with E-state index in [9.17, 15) is 0 Å². The summed E-state index contributed by atoms with van der Waals surface area (Å²) in [7, 11) is 0. The molecule has 1 aliphatic rings. The second-order valence-corrected chi connectivity index (χ2v) is 7.95. The first kappa shape index (κ1) is 22.3. The minimum absolute atomic E-state index is 0.463. The molecule has 0 fully saturated rings. The van der Waals surface area contributed by atoms with Crippen LogP contribution in [0.3, 0.4) is 0 Å². The van der Waals surface area contributed by atoms with Gasteiger partial charge in [0.15, 0.2) is 11.7 Å². The molecule has 0 atom stereocenters. The Bertz CT molecular complexity index is 791. The van der Waals surface area contributed by atoms with E-state index >= 15 is 0 Å². The number of aromatic nitrogens is 4. The first-order chi connectivity index (χ1) is 14.7. The van der Waals surface area contributed by atoms with Crippen molar-refractivity contribution in [2.24, 2.45) is 4.99 Å². The number of guanidine groups is 1. The predicted molar refractivity (Wildman–Crippen MR) is 119 cm³/mol. The van der Waals surface area contributed by atoms with Crippen LogP contribution in [0.15, 0.2) is 15.6 Å². The smallest absolute Gasteiger partial charge is 0.191 e. The van der Waals surface area contributed by atoms with Crippen LogP contribution in [0.2, 0.25) is 0 Å². The first-order valence-corrected chi connectivity index (χ1v) is 11.6. The van der Waals surface area contributed by atoms with E-state index < -0.39 is 0 Å². The largest absolute Gasteiger partial charge is 0.359 e. The van der Waals surface area contributed by atoms with E-state index in [4.69, 9.17) is 4.52 Å². The van der Waals surface area contributed by atoms with Crippen LogP contribution in [0, 0.1) is 0 Å². The molecule has 0 saturated carbocycles. The molecule has 0 amide bonds. The maximum absolute atomic E-state index is 5.48. The summed E-state index contributed by atoms with van der Waals surface area (Å²) in [5.74, 6) is 4.35. The number of aliphatic imine (C=N–C) groups is 1. The quantitative estimate of drug-likeness (QED) is 0.350. The van der Waals surface area contributed by atoms with Gasteiger partial charge in [-0.25, -0.2) is 4.99 Å². The zero-order valence-electron chi connectivity index (χ0n) is 18.8. The van der Waals surface area contributed by atoms with Gasteiger partial charge in [-0.05, 0) is 39.0 Å². The Morgan fingerprint density at radius 3 is 2.83 bits per heavy atom. The molecule has 166 valence electrons. The fourth-order valence-electron chi connectivity index (χ4n) is 3.99. The van der Waals surface area contributed by atoms with Gasteiger partial charge in [0.05, 0.1) is 5.69 Å². The molecule has 0 spiro atoms. The van der Waals surface area contributed by atoms with Gasteiger partial charge in [-0.1, -0.05) is 25.4 Å². The zero-order chi connectivity index (χ0) is 21.2. The lowest BCUT2D eigenvalue weighted by molar-refractivity contribution is 0.372. The standard InChI is InChI=1S/C22H37N7O/c1-4-17(5-2)19-15-18(30-28-19)16-25-22(23-6-3)24-13-10-12-21-27-26-20-11-8-7-9-14-29(20)21/h15,17H,4-14,16H2,1-3H3,(H2,23,24,25). The molecule has 2 N–H and O–H groups in total. The van der Waals surface area contributed by atoms with Crippen molar-refractivity contribution in [3.8, 4) is 0 Å². The van der Waals surface area contributed by atoms with Crippen LogP contribution in [-0.2, 0) is 25.9 Å². The van der Waals surface area contributed by atoms with Crippen LogP contribution in [0.25, 0.3) is 0 Å². The Hall–Kier alpha value is -2.38. The molecule has 8 nitrogen and oxygen atoms in total. The lowest BCUT2D eigenvalue weighted by atomic mass is 9.99. The van der Waals surface area contributed by atoms with Crippen molar-refractivity contribution in [3.05, 3.63) is 29.2 Å². The van der Waals surface area contributed by atoms with Gasteiger partial charge in [0.1, 0.15) is 18.2 Å². The minimum Gasteiger partial charge on any atom is -0.359 e. The number of nitrogens with zero attached hydrogens (tertiary/aromatic N) is 5. The molecule has 2 aromatic heterocycles. The summed E-state index contributed by atoms with van der Waals surface area (Å²) in [4.78, 5) is 4.65. The van der Waals surface area contributed by atoms with Crippen molar-refractivity contribution in [1.29, 1.82) is 0 Å². The van der Waals surface area contributed by atoms with E-state index in [0.717, 1.165) is 80.8 Å². The maximum Gasteiger partial charge on any atom is 0.191 e. The highest BCUT2D eigenvalue weighted by atomic mass is 16.5. The fourth-order valence-corrected chi connectivity index (χ4v) is 3.99. The van der Waals surface area contributed by atoms with Gasteiger partial charge in [-0.2, -0.15) is 0 Å². The average Bonchev–Trinajstić information content (AvgIpc) is 3.30. The maximum atomic E-state index is 5.48. The highest BCUT2D eigenvalue weighted by Crippen LogP contribution is 2.22. The third-order valence-corrected chi connectivity index (χ3v) is 5.77. The van der Waals surface area contributed by atoms with Gasteiger partial charge in [-0.15, -0.1) is 10.2 Å². The Kier molecular flexibility index (Phi) is 8.71. The van der Waals surface area contributed by atoms with Crippen molar-refractivity contribution in [3.63, 3.8) is 0 Å². The minimum atomic E-state index is 0.463. The van der Waals surface area contributed by atoms with Crippen LogP contribution in [0.1, 0.15) is 88.3 Å². The van der Waals surface area contributed by atoms with Crippen LogP contribution in [0.4, 0.5) is 0 Å². The van der Waals surface area contributed by atoms with Gasteiger partial charge >= 0.3 is 0 Å². The molecule has 0 aromatic carbocycles. The Morgan fingerprint density at radius 2 is 2.03 bits per heavy atom. The summed E-state index contributed by atoms with van der Waals surface area (Å²) in [6, 6.07) is 2.04. The molecule has 0 aliphatic carbocycles. The average molecular weight is 416 g/mol. The summed E-state index contributed by atoms with van der Waals surface area (Å²) >= 11 is 0. The number of aryl methyl sites for hydroxylation is 2. The summed E-state index contributed by atoms with van der Waals surface area (Å²) < 4.78 is 7.81. The molecule has 0 radical (unpaired) electrons. The van der Waals surface area contributed by atoms with Crippen LogP contribution in [-0.4, -0.2) is 39.0 Å². The molecule has 3 rings (SSSR count). The molecular weight excluding hydrogens is 378 g/mol. The Labute approximate surface area is 179 Å². The molecule has 30 heavy (non-hydrogen) atoms. The Morgan fingerprint density at radius 1 is 1.17 bits per heavy atom. The third-order valence-electron chi connectivity index (χ3n) is 5.77. The highest BCUT2D eigenvalue weighted by molar-refractivity contribution is 5.79. The van der Waals surface area contributed by atoms with Gasteiger partial charge < -0.3 is 19.7 Å². The molecule has 3 heterocycles. The number of hydrogen-bond donors (Lipinski definition) is 2. The summed E-state index contributed by atoms with van der Waals surface area (Å²) in [6.07, 6.45) is 8.88. The molecule has 8 heteroatoms. The van der Waals surface area contributed by atoms with E-state index in [2.05, 4.69) is 56.3 Å². The second-order valence-electron chi connectivity index (χ2n) is 7.95. The molecule has 1 aliphatic heterocycles. The monoisotopic (exact) mass is 415 g/mol. The van der Waals surface area contributed by atoms with Crippen LogP contribution < -0.4 is 10.6 Å². The number of fused-ring (bicyclic) bond motifs is 1. The van der Waals surface area contributed by atoms with Crippen LogP contribution >= 0.6 is 0 Å². The van der Waals surface area contributed by atoms with Gasteiger partial charge in [0.25, 0.3) is 0 Å². The number of rotatable bonds is 10. The zero-order valence-corrected chi connectivity index (χ0v) is 18.8. The predicted octanol–water partition coefficient (Wildman–Crippen LogP) is 3.58. The van der Waals surface area contributed by atoms with E-state index in [1.165, 1.54) is 19.3 Å². The van der Waals surface area contributed by atoms with Gasteiger partial charge in [-0.3, -0.25) is 0 Å². The van der Waals surface area contributed by atoms with Crippen molar-refractivity contribution >= 4 is 5.96 Å². The van der Waals surface area contributed by atoms with Crippen LogP contribution in [0.5, 0.6) is 0 Å². The van der Waals surface area contributed by atoms with E-state index in [1.807, 2.05) is 6.07 Å². The van der Waals surface area contributed by atoms with E-state index in [0.29, 0.717) is 12.5 Å². The molecule has 2 aromatic rings. The molecule has 0 bridgehead atoms. The van der Waals surface area contributed by atoms with Crippen molar-refractivity contribution < 1.29 is 4.52 Å².